The van der Waals surface area contributed by atoms with E-state index in [1.807, 2.05) is 13.0 Å². The van der Waals surface area contributed by atoms with E-state index in [-0.39, 0.29) is 6.04 Å². The molecule has 1 atom stereocenters. The Morgan fingerprint density at radius 3 is 2.71 bits per heavy atom. The highest BCUT2D eigenvalue weighted by atomic mass is 16.4. The first kappa shape index (κ1) is 10.8. The smallest absolute Gasteiger partial charge is 0.323 e. The molecule has 1 aromatic heterocycles. The minimum absolute atomic E-state index is 0.115. The monoisotopic (exact) mass is 197 g/mol. The van der Waals surface area contributed by atoms with E-state index in [0.29, 0.717) is 0 Å². The van der Waals surface area contributed by atoms with Crippen molar-refractivity contribution in [1.82, 2.24) is 5.32 Å². The summed E-state index contributed by atoms with van der Waals surface area (Å²) in [5, 5.41) is 11.9. The molecule has 1 heterocycles. The molecule has 0 fully saturated rings. The van der Waals surface area contributed by atoms with Gasteiger partial charge in [-0.3, -0.25) is 10.1 Å². The number of carbonyl (C=O) groups is 1. The summed E-state index contributed by atoms with van der Waals surface area (Å²) in [5.41, 5.74) is -0.952. The molecular weight excluding hydrogens is 182 g/mol. The Morgan fingerprint density at radius 1 is 1.64 bits per heavy atom. The Bertz CT molecular complexity index is 303. The molecule has 0 aliphatic carbocycles. The Kier molecular flexibility index (Phi) is 2.96. The molecule has 0 spiro atoms. The van der Waals surface area contributed by atoms with Crippen LogP contribution in [0.5, 0.6) is 0 Å². The Labute approximate surface area is 82.9 Å². The number of aliphatic carboxylic acids is 1. The molecule has 0 aromatic carbocycles. The summed E-state index contributed by atoms with van der Waals surface area (Å²) in [4.78, 5) is 10.8. The third kappa shape index (κ3) is 2.35. The number of nitrogens with one attached hydrogen (secondary N) is 1. The van der Waals surface area contributed by atoms with E-state index in [4.69, 9.17) is 9.52 Å². The molecule has 0 radical (unpaired) electrons. The zero-order valence-electron chi connectivity index (χ0n) is 8.57. The summed E-state index contributed by atoms with van der Waals surface area (Å²) in [5.74, 6) is -0.143. The molecular formula is C10H15NO3. The average molecular weight is 197 g/mol. The van der Waals surface area contributed by atoms with Crippen molar-refractivity contribution in [2.75, 3.05) is 0 Å². The summed E-state index contributed by atoms with van der Waals surface area (Å²) < 4.78 is 5.17. The van der Waals surface area contributed by atoms with Crippen molar-refractivity contribution in [2.24, 2.45) is 0 Å². The van der Waals surface area contributed by atoms with Crippen LogP contribution in [-0.2, 0) is 4.79 Å². The molecule has 4 heteroatoms. The van der Waals surface area contributed by atoms with E-state index in [2.05, 4.69) is 5.32 Å². The molecule has 1 aromatic rings. The van der Waals surface area contributed by atoms with Crippen LogP contribution in [0.25, 0.3) is 0 Å². The van der Waals surface area contributed by atoms with Crippen LogP contribution in [0, 0.1) is 0 Å². The van der Waals surface area contributed by atoms with Gasteiger partial charge in [-0.1, -0.05) is 0 Å². The molecule has 78 valence electrons. The predicted molar refractivity (Wildman–Crippen MR) is 52.0 cm³/mol. The van der Waals surface area contributed by atoms with Crippen molar-refractivity contribution >= 4 is 5.97 Å². The summed E-state index contributed by atoms with van der Waals surface area (Å²) in [6, 6.07) is 3.48. The van der Waals surface area contributed by atoms with Crippen molar-refractivity contribution in [3.63, 3.8) is 0 Å². The van der Waals surface area contributed by atoms with Gasteiger partial charge >= 0.3 is 5.97 Å². The molecule has 0 aliphatic heterocycles. The van der Waals surface area contributed by atoms with Crippen LogP contribution in [0.3, 0.4) is 0 Å². The van der Waals surface area contributed by atoms with Gasteiger partial charge in [-0.05, 0) is 32.9 Å². The third-order valence-electron chi connectivity index (χ3n) is 2.08. The van der Waals surface area contributed by atoms with Gasteiger partial charge in [0.25, 0.3) is 0 Å². The van der Waals surface area contributed by atoms with Gasteiger partial charge in [0.1, 0.15) is 11.3 Å². The standard InChI is InChI=1S/C10H15NO3/c1-7(8-5-4-6-14-8)11-10(2,3)9(12)13/h4-7,11H,1-3H3,(H,12,13). The Hall–Kier alpha value is -1.29. The minimum Gasteiger partial charge on any atom is -0.480 e. The molecule has 1 rings (SSSR count). The SMILES string of the molecule is CC(NC(C)(C)C(=O)O)c1ccco1. The van der Waals surface area contributed by atoms with E-state index in [1.165, 1.54) is 0 Å². The van der Waals surface area contributed by atoms with Crippen LogP contribution < -0.4 is 5.32 Å². The maximum absolute atomic E-state index is 10.8. The van der Waals surface area contributed by atoms with Gasteiger partial charge in [0.2, 0.25) is 0 Å². The van der Waals surface area contributed by atoms with Gasteiger partial charge in [-0.15, -0.1) is 0 Å². The average Bonchev–Trinajstić information content (AvgIpc) is 2.54. The second-order valence-electron chi connectivity index (χ2n) is 3.81. The number of hydrogen-bond donors (Lipinski definition) is 2. The van der Waals surface area contributed by atoms with Gasteiger partial charge in [-0.2, -0.15) is 0 Å². The number of hydrogen-bond acceptors (Lipinski definition) is 3. The molecule has 0 aliphatic rings. The van der Waals surface area contributed by atoms with Crippen molar-refractivity contribution in [3.8, 4) is 0 Å². The quantitative estimate of drug-likeness (QED) is 0.772. The highest BCUT2D eigenvalue weighted by Crippen LogP contribution is 2.16. The molecule has 0 saturated heterocycles. The van der Waals surface area contributed by atoms with Crippen LogP contribution in [0.4, 0.5) is 0 Å². The minimum atomic E-state index is -0.952. The molecule has 1 unspecified atom stereocenters. The zero-order valence-corrected chi connectivity index (χ0v) is 8.57. The lowest BCUT2D eigenvalue weighted by Gasteiger charge is -2.24. The fraction of sp³-hybridized carbons (Fsp3) is 0.500. The number of carboxylic acid groups (broad SMARTS) is 1. The zero-order chi connectivity index (χ0) is 10.8. The largest absolute Gasteiger partial charge is 0.480 e. The highest BCUT2D eigenvalue weighted by molar-refractivity contribution is 5.77. The highest BCUT2D eigenvalue weighted by Gasteiger charge is 2.29. The molecule has 14 heavy (non-hydrogen) atoms. The topological polar surface area (TPSA) is 62.5 Å². The van der Waals surface area contributed by atoms with E-state index in [9.17, 15) is 4.79 Å². The molecule has 4 nitrogen and oxygen atoms in total. The van der Waals surface area contributed by atoms with Gasteiger partial charge < -0.3 is 9.52 Å². The lowest BCUT2D eigenvalue weighted by atomic mass is 10.0. The van der Waals surface area contributed by atoms with Crippen LogP contribution >= 0.6 is 0 Å². The van der Waals surface area contributed by atoms with E-state index in [1.54, 1.807) is 26.2 Å². The van der Waals surface area contributed by atoms with E-state index < -0.39 is 11.5 Å². The summed E-state index contributed by atoms with van der Waals surface area (Å²) in [6.07, 6.45) is 1.57. The van der Waals surface area contributed by atoms with Crippen LogP contribution in [0.2, 0.25) is 0 Å². The lowest BCUT2D eigenvalue weighted by Crippen LogP contribution is -2.47. The predicted octanol–water partition coefficient (Wildman–Crippen LogP) is 1.79. The fourth-order valence-electron chi connectivity index (χ4n) is 1.21. The molecule has 0 saturated carbocycles. The number of carboxylic acids is 1. The summed E-state index contributed by atoms with van der Waals surface area (Å²) in [6.45, 7) is 5.10. The number of rotatable bonds is 4. The second kappa shape index (κ2) is 3.84. The van der Waals surface area contributed by atoms with Gasteiger partial charge in [-0.25, -0.2) is 0 Å². The molecule has 0 bridgehead atoms. The van der Waals surface area contributed by atoms with Crippen LogP contribution in [0.15, 0.2) is 22.8 Å². The van der Waals surface area contributed by atoms with Crippen molar-refractivity contribution in [1.29, 1.82) is 0 Å². The van der Waals surface area contributed by atoms with Gasteiger partial charge in [0.05, 0.1) is 12.3 Å². The van der Waals surface area contributed by atoms with Crippen molar-refractivity contribution in [3.05, 3.63) is 24.2 Å². The maximum atomic E-state index is 10.8. The Morgan fingerprint density at radius 2 is 2.29 bits per heavy atom. The maximum Gasteiger partial charge on any atom is 0.323 e. The van der Waals surface area contributed by atoms with Crippen molar-refractivity contribution in [2.45, 2.75) is 32.4 Å². The van der Waals surface area contributed by atoms with Crippen molar-refractivity contribution < 1.29 is 14.3 Å². The van der Waals surface area contributed by atoms with E-state index >= 15 is 0 Å². The van der Waals surface area contributed by atoms with E-state index in [0.717, 1.165) is 5.76 Å². The Balaban J connectivity index is 2.66. The summed E-state index contributed by atoms with van der Waals surface area (Å²) in [7, 11) is 0. The van der Waals surface area contributed by atoms with Gasteiger partial charge in [0, 0.05) is 0 Å². The van der Waals surface area contributed by atoms with Crippen LogP contribution in [-0.4, -0.2) is 16.6 Å². The first-order valence-electron chi connectivity index (χ1n) is 4.48. The van der Waals surface area contributed by atoms with Gasteiger partial charge in [0.15, 0.2) is 0 Å². The fourth-order valence-corrected chi connectivity index (χ4v) is 1.21. The first-order chi connectivity index (χ1) is 6.43. The number of furan rings is 1. The summed E-state index contributed by atoms with van der Waals surface area (Å²) >= 11 is 0. The third-order valence-corrected chi connectivity index (χ3v) is 2.08. The lowest BCUT2D eigenvalue weighted by molar-refractivity contribution is -0.143. The van der Waals surface area contributed by atoms with Crippen LogP contribution in [0.1, 0.15) is 32.6 Å². The second-order valence-corrected chi connectivity index (χ2v) is 3.81. The first-order valence-corrected chi connectivity index (χ1v) is 4.48. The molecule has 2 N–H and O–H groups in total. The normalized spacial score (nSPS) is 13.9. The molecule has 0 amide bonds.